The Hall–Kier alpha value is -0.680. The third kappa shape index (κ3) is 2.92. The van der Waals surface area contributed by atoms with Crippen LogP contribution in [0, 0.1) is 5.41 Å². The highest BCUT2D eigenvalue weighted by molar-refractivity contribution is 7.80. The van der Waals surface area contributed by atoms with Crippen LogP contribution < -0.4 is 11.1 Å². The van der Waals surface area contributed by atoms with Gasteiger partial charge in [-0.3, -0.25) is 4.79 Å². The largest absolute Gasteiger partial charge is 0.392 e. The van der Waals surface area contributed by atoms with Crippen molar-refractivity contribution >= 4 is 23.1 Å². The van der Waals surface area contributed by atoms with Gasteiger partial charge in [-0.05, 0) is 39.7 Å². The molecule has 1 heterocycles. The number of hydrogen-bond donors (Lipinski definition) is 2. The lowest BCUT2D eigenvalue weighted by molar-refractivity contribution is -0.128. The van der Waals surface area contributed by atoms with Crippen LogP contribution in [0.3, 0.4) is 0 Å². The van der Waals surface area contributed by atoms with Crippen LogP contribution in [0.4, 0.5) is 0 Å². The number of nitrogens with zero attached hydrogens (tertiary/aromatic N) is 1. The summed E-state index contributed by atoms with van der Waals surface area (Å²) in [6, 6.07) is 0.786. The Morgan fingerprint density at radius 2 is 2.05 bits per heavy atom. The molecule has 2 atom stereocenters. The van der Waals surface area contributed by atoms with Crippen molar-refractivity contribution in [3.63, 3.8) is 0 Å². The Balaban J connectivity index is 1.98. The zero-order valence-electron chi connectivity index (χ0n) is 11.9. The van der Waals surface area contributed by atoms with Gasteiger partial charge in [0, 0.05) is 18.6 Å². The van der Waals surface area contributed by atoms with Gasteiger partial charge in [-0.2, -0.15) is 0 Å². The summed E-state index contributed by atoms with van der Waals surface area (Å²) in [6.07, 6.45) is 5.76. The first-order valence-electron chi connectivity index (χ1n) is 7.27. The summed E-state index contributed by atoms with van der Waals surface area (Å²) in [5, 5.41) is 3.20. The number of nitrogens with two attached hydrogens (primary N) is 1. The number of piperidine rings is 1. The normalized spacial score (nSPS) is 31.1. The average Bonchev–Trinajstić information content (AvgIpc) is 2.84. The van der Waals surface area contributed by atoms with Gasteiger partial charge in [0.2, 0.25) is 5.91 Å². The van der Waals surface area contributed by atoms with Crippen LogP contribution in [0.1, 0.15) is 45.4 Å². The van der Waals surface area contributed by atoms with Crippen molar-refractivity contribution < 1.29 is 4.79 Å². The van der Waals surface area contributed by atoms with E-state index in [4.69, 9.17) is 18.0 Å². The van der Waals surface area contributed by atoms with Gasteiger partial charge in [0.25, 0.3) is 0 Å². The van der Waals surface area contributed by atoms with E-state index in [-0.39, 0.29) is 11.9 Å². The third-order valence-electron chi connectivity index (χ3n) is 4.91. The average molecular weight is 283 g/mol. The number of hydrogen-bond acceptors (Lipinski definition) is 3. The van der Waals surface area contributed by atoms with Gasteiger partial charge in [0.1, 0.15) is 0 Å². The summed E-state index contributed by atoms with van der Waals surface area (Å²) in [4.78, 5) is 15.3. The van der Waals surface area contributed by atoms with Crippen LogP contribution in [-0.2, 0) is 4.79 Å². The van der Waals surface area contributed by atoms with Crippen LogP contribution in [0.15, 0.2) is 0 Å². The monoisotopic (exact) mass is 283 g/mol. The zero-order valence-corrected chi connectivity index (χ0v) is 12.8. The van der Waals surface area contributed by atoms with Crippen molar-refractivity contribution in [2.75, 3.05) is 13.6 Å². The molecule has 0 bridgehead atoms. The van der Waals surface area contributed by atoms with Gasteiger partial charge in [0.05, 0.1) is 10.4 Å². The summed E-state index contributed by atoms with van der Waals surface area (Å²) in [5.41, 5.74) is 5.28. The molecule has 2 unspecified atom stereocenters. The SMILES string of the molecule is CC1CC(NC(=O)C2(C(N)=S)CCCC2)CCN1C. The molecule has 4 nitrogen and oxygen atoms in total. The molecule has 0 aromatic rings. The molecule has 1 amide bonds. The van der Waals surface area contributed by atoms with Gasteiger partial charge in [-0.15, -0.1) is 0 Å². The van der Waals surface area contributed by atoms with Gasteiger partial charge in [-0.25, -0.2) is 0 Å². The number of rotatable bonds is 3. The van der Waals surface area contributed by atoms with Crippen LogP contribution in [0.5, 0.6) is 0 Å². The fraction of sp³-hybridized carbons (Fsp3) is 0.857. The molecule has 19 heavy (non-hydrogen) atoms. The summed E-state index contributed by atoms with van der Waals surface area (Å²) < 4.78 is 0. The van der Waals surface area contributed by atoms with Gasteiger partial charge in [-0.1, -0.05) is 25.1 Å². The van der Waals surface area contributed by atoms with E-state index >= 15 is 0 Å². The van der Waals surface area contributed by atoms with E-state index in [2.05, 4.69) is 24.2 Å². The summed E-state index contributed by atoms with van der Waals surface area (Å²) in [5.74, 6) is 0.0688. The van der Waals surface area contributed by atoms with E-state index in [1.807, 2.05) is 0 Å². The van der Waals surface area contributed by atoms with Crippen molar-refractivity contribution in [1.29, 1.82) is 0 Å². The molecule has 2 rings (SSSR count). The van der Waals surface area contributed by atoms with Crippen molar-refractivity contribution in [2.45, 2.75) is 57.5 Å². The Kier molecular flexibility index (Phi) is 4.46. The first-order chi connectivity index (χ1) is 8.95. The predicted molar refractivity (Wildman–Crippen MR) is 80.9 cm³/mol. The number of thiocarbonyl (C=S) groups is 1. The maximum atomic E-state index is 12.6. The molecule has 1 saturated heterocycles. The topological polar surface area (TPSA) is 58.4 Å². The molecule has 0 aromatic heterocycles. The molecule has 1 aliphatic carbocycles. The first kappa shape index (κ1) is 14.7. The van der Waals surface area contributed by atoms with Crippen molar-refractivity contribution in [1.82, 2.24) is 10.2 Å². The second-order valence-electron chi connectivity index (χ2n) is 6.18. The predicted octanol–water partition coefficient (Wildman–Crippen LogP) is 1.43. The molecule has 2 fully saturated rings. The Bertz CT molecular complexity index is 366. The molecule has 0 radical (unpaired) electrons. The van der Waals surface area contributed by atoms with Crippen LogP contribution >= 0.6 is 12.2 Å². The van der Waals surface area contributed by atoms with Crippen molar-refractivity contribution in [2.24, 2.45) is 11.1 Å². The molecule has 0 aromatic carbocycles. The molecule has 5 heteroatoms. The van der Waals surface area contributed by atoms with E-state index in [0.717, 1.165) is 45.1 Å². The minimum Gasteiger partial charge on any atom is -0.392 e. The molecular formula is C14H25N3OS. The second kappa shape index (κ2) is 5.75. The van der Waals surface area contributed by atoms with Crippen LogP contribution in [0.2, 0.25) is 0 Å². The lowest BCUT2D eigenvalue weighted by atomic mass is 9.84. The van der Waals surface area contributed by atoms with Gasteiger partial charge in [0.15, 0.2) is 0 Å². The number of carbonyl (C=O) groups is 1. The van der Waals surface area contributed by atoms with E-state index in [1.165, 1.54) is 0 Å². The van der Waals surface area contributed by atoms with Crippen molar-refractivity contribution in [3.05, 3.63) is 0 Å². The third-order valence-corrected chi connectivity index (χ3v) is 5.30. The zero-order chi connectivity index (χ0) is 14.0. The number of amides is 1. The summed E-state index contributed by atoms with van der Waals surface area (Å²) >= 11 is 5.16. The Morgan fingerprint density at radius 3 is 2.58 bits per heavy atom. The maximum Gasteiger partial charge on any atom is 0.233 e. The Morgan fingerprint density at radius 1 is 1.42 bits per heavy atom. The Labute approximate surface area is 121 Å². The highest BCUT2D eigenvalue weighted by Gasteiger charge is 2.44. The molecule has 2 aliphatic rings. The lowest BCUT2D eigenvalue weighted by Gasteiger charge is -2.37. The number of nitrogens with one attached hydrogen (secondary N) is 1. The van der Waals surface area contributed by atoms with E-state index in [1.54, 1.807) is 0 Å². The molecule has 3 N–H and O–H groups in total. The van der Waals surface area contributed by atoms with Crippen LogP contribution in [-0.4, -0.2) is 41.5 Å². The standard InChI is InChI=1S/C14H25N3OS/c1-10-9-11(5-8-17(10)2)16-13(18)14(12(15)19)6-3-4-7-14/h10-11H,3-9H2,1-2H3,(H2,15,19)(H,16,18). The molecule has 0 spiro atoms. The van der Waals surface area contributed by atoms with E-state index < -0.39 is 5.41 Å². The van der Waals surface area contributed by atoms with E-state index in [9.17, 15) is 4.79 Å². The molecule has 1 saturated carbocycles. The summed E-state index contributed by atoms with van der Waals surface area (Å²) in [6.45, 7) is 3.24. The number of carbonyl (C=O) groups excluding carboxylic acids is 1. The molecular weight excluding hydrogens is 258 g/mol. The quantitative estimate of drug-likeness (QED) is 0.769. The fourth-order valence-corrected chi connectivity index (χ4v) is 3.60. The minimum absolute atomic E-state index is 0.0688. The number of likely N-dealkylation sites (tertiary alicyclic amines) is 1. The fourth-order valence-electron chi connectivity index (χ4n) is 3.31. The lowest BCUT2D eigenvalue weighted by Crippen LogP contribution is -2.53. The van der Waals surface area contributed by atoms with Crippen molar-refractivity contribution in [3.8, 4) is 0 Å². The summed E-state index contributed by atoms with van der Waals surface area (Å²) in [7, 11) is 2.14. The second-order valence-corrected chi connectivity index (χ2v) is 6.62. The molecule has 108 valence electrons. The molecule has 1 aliphatic heterocycles. The van der Waals surface area contributed by atoms with Crippen LogP contribution in [0.25, 0.3) is 0 Å². The highest BCUT2D eigenvalue weighted by Crippen LogP contribution is 2.39. The van der Waals surface area contributed by atoms with Gasteiger partial charge >= 0.3 is 0 Å². The maximum absolute atomic E-state index is 12.6. The van der Waals surface area contributed by atoms with Gasteiger partial charge < -0.3 is 16.0 Å². The highest BCUT2D eigenvalue weighted by atomic mass is 32.1. The van der Waals surface area contributed by atoms with E-state index in [0.29, 0.717) is 11.0 Å². The minimum atomic E-state index is -0.568. The first-order valence-corrected chi connectivity index (χ1v) is 7.67. The smallest absolute Gasteiger partial charge is 0.233 e.